The van der Waals surface area contributed by atoms with E-state index in [1.54, 1.807) is 0 Å². The lowest BCUT2D eigenvalue weighted by Crippen LogP contribution is -2.31. The van der Waals surface area contributed by atoms with Gasteiger partial charge in [-0.3, -0.25) is 4.79 Å². The summed E-state index contributed by atoms with van der Waals surface area (Å²) in [6.07, 6.45) is 8.58. The molecule has 4 heterocycles. The molecule has 0 unspecified atom stereocenters. The van der Waals surface area contributed by atoms with Gasteiger partial charge in [0.15, 0.2) is 0 Å². The molecule has 107 heavy (non-hydrogen) atoms. The summed E-state index contributed by atoms with van der Waals surface area (Å²) in [5.74, 6) is 3.03. The zero-order chi connectivity index (χ0) is 80.7. The zero-order valence-corrected chi connectivity index (χ0v) is 65.7. The number of hydrogen-bond acceptors (Lipinski definition) is 29. The fourth-order valence-electron chi connectivity index (χ4n) is 7.44. The average molecular weight is 1580 g/mol. The molecule has 0 bridgehead atoms. The number of azo groups is 4. The molecule has 5 aromatic carbocycles. The second kappa shape index (κ2) is 46.5. The quantitative estimate of drug-likeness (QED) is 0.0357. The maximum atomic E-state index is 11.4. The Kier molecular flexibility index (Phi) is 40.2. The van der Waals surface area contributed by atoms with Crippen molar-refractivity contribution in [2.45, 2.75) is 20.8 Å². The first kappa shape index (κ1) is 92.6. The third kappa shape index (κ3) is 40.0. The predicted octanol–water partition coefficient (Wildman–Crippen LogP) is 7.83. The highest BCUT2D eigenvalue weighted by Gasteiger charge is 2.13. The Bertz CT molecular complexity index is 4750. The summed E-state index contributed by atoms with van der Waals surface area (Å²) in [5.41, 5.74) is 11.2. The van der Waals surface area contributed by atoms with Gasteiger partial charge in [0, 0.05) is 102 Å². The van der Waals surface area contributed by atoms with Crippen molar-refractivity contribution in [3.63, 3.8) is 0 Å². The Hall–Kier alpha value is -10.5. The predicted molar refractivity (Wildman–Crippen MR) is 398 cm³/mol. The van der Waals surface area contributed by atoms with Crippen molar-refractivity contribution in [1.82, 2.24) is 0 Å². The van der Waals surface area contributed by atoms with Gasteiger partial charge in [-0.1, -0.05) is 48.0 Å². The summed E-state index contributed by atoms with van der Waals surface area (Å²) in [6.45, 7) is 5.57. The van der Waals surface area contributed by atoms with Gasteiger partial charge < -0.3 is 63.7 Å². The van der Waals surface area contributed by atoms with Crippen LogP contribution >= 0.6 is 11.6 Å². The highest BCUT2D eigenvalue weighted by Crippen LogP contribution is 2.32. The third-order valence-electron chi connectivity index (χ3n) is 12.9. The molecule has 0 saturated carbocycles. The van der Waals surface area contributed by atoms with Gasteiger partial charge >= 0.3 is 23.3 Å². The van der Waals surface area contributed by atoms with Crippen LogP contribution < -0.4 is 64.6 Å². The molecule has 0 radical (unpaired) electrons. The van der Waals surface area contributed by atoms with Gasteiger partial charge in [-0.25, -0.2) is 51.9 Å². The van der Waals surface area contributed by atoms with E-state index in [0.717, 1.165) is 68.8 Å². The molecular weight excluding hydrogens is 1490 g/mol. The van der Waals surface area contributed by atoms with E-state index in [2.05, 4.69) is 80.7 Å². The highest BCUT2D eigenvalue weighted by atomic mass is 35.5. The Morgan fingerprint density at radius 1 is 0.421 bits per heavy atom. The van der Waals surface area contributed by atoms with Crippen LogP contribution in [-0.4, -0.2) is 107 Å². The van der Waals surface area contributed by atoms with Crippen LogP contribution in [0.3, 0.4) is 0 Å². The van der Waals surface area contributed by atoms with Crippen molar-refractivity contribution in [2.75, 3.05) is 92.6 Å². The van der Waals surface area contributed by atoms with Gasteiger partial charge in [0.05, 0.1) is 103 Å². The maximum Gasteiger partial charge on any atom is 0.350 e. The van der Waals surface area contributed by atoms with Crippen molar-refractivity contribution < 1.29 is 95.1 Å². The number of amides is 1. The van der Waals surface area contributed by atoms with Crippen LogP contribution in [-0.2, 0) is 90.8 Å². The number of anilines is 6. The molecule has 2 N–H and O–H groups in total. The van der Waals surface area contributed by atoms with Crippen LogP contribution in [0.25, 0.3) is 0 Å². The number of hydrogen-bond donors (Lipinski definition) is 2. The number of benzene rings is 5. The Balaban J connectivity index is 0.000000439. The number of nitrogens with one attached hydrogen (secondary N) is 2. The number of para-hydroxylation sites is 1. The van der Waals surface area contributed by atoms with Crippen LogP contribution in [0.15, 0.2) is 241 Å². The first-order chi connectivity index (χ1) is 50.1. The number of rotatable bonds is 18. The van der Waals surface area contributed by atoms with Gasteiger partial charge in [-0.2, -0.15) is 0 Å². The maximum absolute atomic E-state index is 11.4. The van der Waals surface area contributed by atoms with Crippen molar-refractivity contribution >= 4 is 138 Å². The van der Waals surface area contributed by atoms with E-state index in [0.29, 0.717) is 47.1 Å². The second-order valence-corrected chi connectivity index (χ2v) is 29.3. The van der Waals surface area contributed by atoms with Crippen LogP contribution in [0.1, 0.15) is 18.2 Å². The van der Waals surface area contributed by atoms with E-state index in [-0.39, 0.29) is 5.91 Å². The molecule has 0 saturated heterocycles. The van der Waals surface area contributed by atoms with Crippen LogP contribution in [0, 0.1) is 13.8 Å². The van der Waals surface area contributed by atoms with E-state index < -0.39 is 40.5 Å². The first-order valence-electron chi connectivity index (χ1n) is 30.9. The largest absolute Gasteiger partial charge is 0.707 e. The molecule has 0 aliphatic carbocycles. The monoisotopic (exact) mass is 1580 g/mol. The first-order valence-corrected chi connectivity index (χ1v) is 38.5. The average Bonchev–Trinajstić information content (AvgIpc) is 0.838. The fourth-order valence-corrected chi connectivity index (χ4v) is 7.65. The number of halogens is 1. The van der Waals surface area contributed by atoms with Gasteiger partial charge in [0.1, 0.15) is 28.4 Å². The lowest BCUT2D eigenvalue weighted by atomic mass is 10.2. The smallest absolute Gasteiger partial charge is 0.350 e. The lowest BCUT2D eigenvalue weighted by molar-refractivity contribution is -0.664. The van der Waals surface area contributed by atoms with Gasteiger partial charge in [-0.15, -0.1) is 0 Å². The number of carbonyl (C=O) groups excluding carboxylic acids is 1. The minimum atomic E-state index is -3.72. The van der Waals surface area contributed by atoms with Gasteiger partial charge in [0.25, 0.3) is 40.5 Å². The van der Waals surface area contributed by atoms with Crippen molar-refractivity contribution in [2.24, 2.45) is 69.1 Å². The van der Waals surface area contributed by atoms with Gasteiger partial charge in [-0.05, 0) is 161 Å². The highest BCUT2D eigenvalue weighted by molar-refractivity contribution is 7.86. The summed E-state index contributed by atoms with van der Waals surface area (Å²) in [4.78, 5) is 17.4. The molecular formula is C68H86ClN17O17S4. The van der Waals surface area contributed by atoms with E-state index in [9.17, 15) is 38.5 Å². The number of carbonyl (C=O) groups is 1. The molecule has 39 heteroatoms. The topological polar surface area (TPSA) is 431 Å². The molecule has 9 aromatic rings. The number of aryl methyl sites for hydroxylation is 5. The standard InChI is InChI=1S/C19H18N4.C16H19N5O.C15H19N4.C14H16ClN4.4CH4O4S/c1-15-7-6-10-19(23(15)2)22-21-18-13-11-17(12-14-18)20-16-8-4-3-5-9-16;1-12(22)17-15-11-13(20(2)3)8-9-14(15)18-19-16-7-5-6-10-21(16)4;1-12-5-10-15(19(4)11-12)17-16-13-6-8-14(9-7-13)18(2)3;1-18(2)11-7-8-13(12(15)10-11)16-17-14-6-4-5-9-19(14)3;4*1-6(3,4)5-2/h3-14H,1-2H3;5-11H,1-4H3;5-11H,1-4H3;4-10H,1-3H3;4*2H,1H3/q;;2*+1;;;;/p-2. The molecule has 0 fully saturated rings. The molecule has 4 aromatic heterocycles. The van der Waals surface area contributed by atoms with Gasteiger partial charge in [0.2, 0.25) is 5.91 Å². The summed E-state index contributed by atoms with van der Waals surface area (Å²) < 4.78 is 94.1. The minimum Gasteiger partial charge on any atom is -0.707 e. The molecule has 0 atom stereocenters. The summed E-state index contributed by atoms with van der Waals surface area (Å²) in [7, 11) is 4.76. The minimum absolute atomic E-state index is 0.141. The van der Waals surface area contributed by atoms with E-state index in [4.69, 9.17) is 32.6 Å². The van der Waals surface area contributed by atoms with Crippen molar-refractivity contribution in [1.29, 1.82) is 0 Å². The van der Waals surface area contributed by atoms with Crippen LogP contribution in [0.2, 0.25) is 5.02 Å². The number of pyridine rings is 4. The number of aromatic nitrogens is 4. The molecule has 1 amide bonds. The number of nitrogens with zero attached hydrogens (tertiary/aromatic N) is 15. The van der Waals surface area contributed by atoms with E-state index >= 15 is 0 Å². The second-order valence-electron chi connectivity index (χ2n) is 22.7. The van der Waals surface area contributed by atoms with Crippen molar-refractivity contribution in [3.05, 3.63) is 217 Å². The van der Waals surface area contributed by atoms with Crippen LogP contribution in [0.4, 0.5) is 80.1 Å². The molecule has 0 spiro atoms. The van der Waals surface area contributed by atoms with E-state index in [1.165, 1.54) is 12.5 Å². The summed E-state index contributed by atoms with van der Waals surface area (Å²) in [6, 6.07) is 58.7. The Labute approximate surface area is 629 Å². The van der Waals surface area contributed by atoms with Crippen LogP contribution in [0.5, 0.6) is 0 Å². The Morgan fingerprint density at radius 3 is 1.21 bits per heavy atom. The molecule has 34 nitrogen and oxygen atoms in total. The molecule has 9 rings (SSSR count). The summed E-state index contributed by atoms with van der Waals surface area (Å²) in [5, 5.41) is 76.2. The van der Waals surface area contributed by atoms with E-state index in [1.807, 2.05) is 306 Å². The fraction of sp³-hybridized carbons (Fsp3) is 0.250. The third-order valence-corrected chi connectivity index (χ3v) is 14.2. The molecule has 576 valence electrons. The summed E-state index contributed by atoms with van der Waals surface area (Å²) >= 11 is 6.19. The lowest BCUT2D eigenvalue weighted by Gasteiger charge is -2.14. The zero-order valence-electron chi connectivity index (χ0n) is 61.7. The Morgan fingerprint density at radius 2 is 0.794 bits per heavy atom. The SMILES string of the molecule is CC(=O)Nc1cc(N(C)C)ccc1N=Nc1cccc[n+]1C.CN(C)c1ccc(N=Nc2cccc[n+]2C)c(Cl)c1.CS(=O)(=O)O[O-].CS(=O)(=O)O[O-].CS(=O)(=O)O[O-].CS(=O)(=O)O[O-].Cc1ccc(N=Nc2ccc(N(C)C)cc2)[n+](C)c1.Cc1cccc(N=Nc2ccc(Nc3ccccc3)cc2)[n+]1C. The normalized spacial score (nSPS) is 11.0. The molecule has 0 aliphatic heterocycles. The molecule has 0 aliphatic rings. The van der Waals surface area contributed by atoms with Crippen molar-refractivity contribution in [3.8, 4) is 0 Å².